The monoisotopic (exact) mass is 304 g/mol. The van der Waals surface area contributed by atoms with E-state index in [-0.39, 0.29) is 11.3 Å². The van der Waals surface area contributed by atoms with Crippen LogP contribution in [0, 0.1) is 18.3 Å². The van der Waals surface area contributed by atoms with E-state index in [1.165, 1.54) is 11.1 Å². The highest BCUT2D eigenvalue weighted by Gasteiger charge is 2.25. The Morgan fingerprint density at radius 3 is 2.73 bits per heavy atom. The first kappa shape index (κ1) is 16.9. The number of carbonyl (C=O) groups excluding carboxylic acids is 1. The molecule has 1 aliphatic rings. The van der Waals surface area contributed by atoms with Crippen LogP contribution in [0.4, 0.5) is 5.82 Å². The van der Waals surface area contributed by atoms with Gasteiger partial charge in [-0.3, -0.25) is 4.79 Å². The van der Waals surface area contributed by atoms with Gasteiger partial charge in [0, 0.05) is 24.8 Å². The Bertz CT molecular complexity index is 520. The fraction of sp³-hybridized carbons (Fsp3) is 0.667. The first-order chi connectivity index (χ1) is 10.4. The lowest BCUT2D eigenvalue weighted by Gasteiger charge is -2.23. The summed E-state index contributed by atoms with van der Waals surface area (Å²) in [7, 11) is 0. The van der Waals surface area contributed by atoms with Crippen LogP contribution >= 0.6 is 0 Å². The highest BCUT2D eigenvalue weighted by molar-refractivity contribution is 5.94. The lowest BCUT2D eigenvalue weighted by molar-refractivity contribution is -0.124. The molecule has 1 N–H and O–H groups in total. The number of anilines is 1. The Hall–Kier alpha value is -1.42. The average Bonchev–Trinajstić information content (AvgIpc) is 2.51. The molecule has 0 unspecified atom stereocenters. The van der Waals surface area contributed by atoms with E-state index in [1.54, 1.807) is 0 Å². The molecule has 22 heavy (non-hydrogen) atoms. The van der Waals surface area contributed by atoms with Gasteiger partial charge in [0.05, 0.1) is 0 Å². The van der Waals surface area contributed by atoms with Crippen molar-refractivity contribution in [2.75, 3.05) is 18.5 Å². The summed E-state index contributed by atoms with van der Waals surface area (Å²) in [5.74, 6) is 1.37. The molecule has 1 saturated heterocycles. The van der Waals surface area contributed by atoms with Crippen LogP contribution in [0.3, 0.4) is 0 Å². The molecule has 1 aliphatic heterocycles. The van der Waals surface area contributed by atoms with Gasteiger partial charge in [-0.2, -0.15) is 0 Å². The number of ether oxygens (including phenoxy) is 1. The van der Waals surface area contributed by atoms with Crippen LogP contribution in [-0.4, -0.2) is 24.1 Å². The van der Waals surface area contributed by atoms with E-state index in [9.17, 15) is 4.79 Å². The number of aryl methyl sites for hydroxylation is 1. The van der Waals surface area contributed by atoms with Crippen molar-refractivity contribution in [3.05, 3.63) is 23.4 Å². The minimum Gasteiger partial charge on any atom is -0.381 e. The van der Waals surface area contributed by atoms with Crippen molar-refractivity contribution < 1.29 is 9.53 Å². The van der Waals surface area contributed by atoms with Gasteiger partial charge in [0.1, 0.15) is 5.82 Å². The van der Waals surface area contributed by atoms with Crippen LogP contribution in [0.1, 0.15) is 51.2 Å². The van der Waals surface area contributed by atoms with Gasteiger partial charge in [-0.15, -0.1) is 0 Å². The van der Waals surface area contributed by atoms with Crippen molar-refractivity contribution in [2.24, 2.45) is 11.3 Å². The van der Waals surface area contributed by atoms with Gasteiger partial charge in [0.25, 0.3) is 0 Å². The number of hydrogen-bond donors (Lipinski definition) is 1. The SMILES string of the molecule is CCC(C)(C)C(=O)Nc1cc(CC2CCOCC2)c(C)cn1. The Labute approximate surface area is 133 Å². The molecule has 0 radical (unpaired) electrons. The molecule has 2 heterocycles. The van der Waals surface area contributed by atoms with Gasteiger partial charge in [-0.05, 0) is 55.7 Å². The molecule has 0 aliphatic carbocycles. The molecule has 1 aromatic rings. The number of pyridine rings is 1. The molecule has 1 fully saturated rings. The zero-order chi connectivity index (χ0) is 16.2. The number of nitrogens with one attached hydrogen (secondary N) is 1. The van der Waals surface area contributed by atoms with E-state index in [1.807, 2.05) is 33.0 Å². The van der Waals surface area contributed by atoms with E-state index in [2.05, 4.69) is 17.2 Å². The van der Waals surface area contributed by atoms with Crippen LogP contribution in [0.5, 0.6) is 0 Å². The smallest absolute Gasteiger partial charge is 0.231 e. The van der Waals surface area contributed by atoms with Crippen LogP contribution in [0.2, 0.25) is 0 Å². The normalized spacial score (nSPS) is 16.5. The van der Waals surface area contributed by atoms with Crippen LogP contribution in [0.15, 0.2) is 12.3 Å². The fourth-order valence-corrected chi connectivity index (χ4v) is 2.56. The zero-order valence-electron chi connectivity index (χ0n) is 14.2. The van der Waals surface area contributed by atoms with Crippen molar-refractivity contribution in [3.8, 4) is 0 Å². The summed E-state index contributed by atoms with van der Waals surface area (Å²) in [5, 5.41) is 2.96. The van der Waals surface area contributed by atoms with E-state index >= 15 is 0 Å². The maximum atomic E-state index is 12.3. The standard InChI is InChI=1S/C18H28N2O2/c1-5-18(3,4)17(21)20-16-11-15(13(2)12-19-16)10-14-6-8-22-9-7-14/h11-12,14H,5-10H2,1-4H3,(H,19,20,21). The summed E-state index contributed by atoms with van der Waals surface area (Å²) < 4.78 is 5.42. The molecule has 122 valence electrons. The molecular weight excluding hydrogens is 276 g/mol. The second kappa shape index (κ2) is 7.23. The van der Waals surface area contributed by atoms with Gasteiger partial charge >= 0.3 is 0 Å². The summed E-state index contributed by atoms with van der Waals surface area (Å²) in [6.07, 6.45) is 5.94. The number of rotatable bonds is 5. The molecule has 0 atom stereocenters. The lowest BCUT2D eigenvalue weighted by atomic mass is 9.89. The second-order valence-electron chi connectivity index (χ2n) is 6.95. The Balaban J connectivity index is 2.07. The number of hydrogen-bond acceptors (Lipinski definition) is 3. The minimum atomic E-state index is -0.368. The molecule has 0 aromatic carbocycles. The fourth-order valence-electron chi connectivity index (χ4n) is 2.56. The van der Waals surface area contributed by atoms with Crippen LogP contribution in [0.25, 0.3) is 0 Å². The second-order valence-corrected chi connectivity index (χ2v) is 6.95. The largest absolute Gasteiger partial charge is 0.381 e. The third-order valence-electron chi connectivity index (χ3n) is 4.80. The van der Waals surface area contributed by atoms with Crippen molar-refractivity contribution in [1.29, 1.82) is 0 Å². The topological polar surface area (TPSA) is 51.2 Å². The van der Waals surface area contributed by atoms with Crippen LogP contribution in [-0.2, 0) is 16.0 Å². The van der Waals surface area contributed by atoms with E-state index in [0.717, 1.165) is 38.9 Å². The third-order valence-corrected chi connectivity index (χ3v) is 4.80. The summed E-state index contributed by atoms with van der Waals surface area (Å²) in [6, 6.07) is 2.04. The van der Waals surface area contributed by atoms with Crippen molar-refractivity contribution in [2.45, 2.75) is 53.4 Å². The van der Waals surface area contributed by atoms with Crippen LogP contribution < -0.4 is 5.32 Å². The molecule has 1 aromatic heterocycles. The highest BCUT2D eigenvalue weighted by atomic mass is 16.5. The first-order valence-corrected chi connectivity index (χ1v) is 8.27. The summed E-state index contributed by atoms with van der Waals surface area (Å²) in [5.41, 5.74) is 2.11. The quantitative estimate of drug-likeness (QED) is 0.901. The summed E-state index contributed by atoms with van der Waals surface area (Å²) >= 11 is 0. The number of carbonyl (C=O) groups is 1. The Morgan fingerprint density at radius 1 is 1.41 bits per heavy atom. The molecule has 4 heteroatoms. The summed E-state index contributed by atoms with van der Waals surface area (Å²) in [6.45, 7) is 9.76. The average molecular weight is 304 g/mol. The first-order valence-electron chi connectivity index (χ1n) is 8.27. The lowest BCUT2D eigenvalue weighted by Crippen LogP contribution is -2.30. The van der Waals surface area contributed by atoms with E-state index < -0.39 is 0 Å². The van der Waals surface area contributed by atoms with Gasteiger partial charge in [-0.25, -0.2) is 4.98 Å². The molecule has 0 spiro atoms. The van der Waals surface area contributed by atoms with Crippen molar-refractivity contribution in [3.63, 3.8) is 0 Å². The highest BCUT2D eigenvalue weighted by Crippen LogP contribution is 2.25. The predicted octanol–water partition coefficient (Wildman–Crippen LogP) is 3.73. The molecular formula is C18H28N2O2. The number of aromatic nitrogens is 1. The van der Waals surface area contributed by atoms with Crippen molar-refractivity contribution >= 4 is 11.7 Å². The van der Waals surface area contributed by atoms with Gasteiger partial charge < -0.3 is 10.1 Å². The van der Waals surface area contributed by atoms with Gasteiger partial charge in [0.2, 0.25) is 5.91 Å². The molecule has 0 bridgehead atoms. The van der Waals surface area contributed by atoms with Gasteiger partial charge in [-0.1, -0.05) is 20.8 Å². The number of amides is 1. The van der Waals surface area contributed by atoms with Gasteiger partial charge in [0.15, 0.2) is 0 Å². The predicted molar refractivity (Wildman–Crippen MR) is 88.9 cm³/mol. The molecule has 4 nitrogen and oxygen atoms in total. The van der Waals surface area contributed by atoms with E-state index in [4.69, 9.17) is 4.74 Å². The maximum Gasteiger partial charge on any atom is 0.231 e. The van der Waals surface area contributed by atoms with Crippen molar-refractivity contribution in [1.82, 2.24) is 4.98 Å². The number of nitrogens with zero attached hydrogens (tertiary/aromatic N) is 1. The molecule has 2 rings (SSSR count). The molecule has 0 saturated carbocycles. The zero-order valence-corrected chi connectivity index (χ0v) is 14.2. The summed E-state index contributed by atoms with van der Waals surface area (Å²) in [4.78, 5) is 16.6. The maximum absolute atomic E-state index is 12.3. The van der Waals surface area contributed by atoms with E-state index in [0.29, 0.717) is 11.7 Å². The minimum absolute atomic E-state index is 0.0309. The molecule has 1 amide bonds. The Morgan fingerprint density at radius 2 is 2.09 bits per heavy atom. The third kappa shape index (κ3) is 4.29. The Kier molecular flexibility index (Phi) is 5.57.